The van der Waals surface area contributed by atoms with E-state index in [1.165, 1.54) is 0 Å². The maximum atomic E-state index is 12.3. The number of ether oxygens (including phenoxy) is 1. The van der Waals surface area contributed by atoms with E-state index in [1.807, 2.05) is 25.1 Å². The monoisotopic (exact) mass is 377 g/mol. The van der Waals surface area contributed by atoms with Gasteiger partial charge in [0.2, 0.25) is 0 Å². The third-order valence-electron chi connectivity index (χ3n) is 3.27. The fourth-order valence-electron chi connectivity index (χ4n) is 2.04. The molecule has 1 aromatic carbocycles. The number of benzene rings is 1. The normalized spacial score (nSPS) is 10.4. The molecule has 0 aliphatic carbocycles. The van der Waals surface area contributed by atoms with Crippen molar-refractivity contribution in [3.63, 3.8) is 0 Å². The molecule has 0 saturated heterocycles. The molecule has 1 heterocycles. The number of hydrogen-bond acceptors (Lipinski definition) is 4. The van der Waals surface area contributed by atoms with Crippen LogP contribution in [0, 0.1) is 6.92 Å². The lowest BCUT2D eigenvalue weighted by Gasteiger charge is -2.09. The number of anilines is 2. The van der Waals surface area contributed by atoms with Gasteiger partial charge in [0.05, 0.1) is 11.3 Å². The topological polar surface area (TPSA) is 63.2 Å². The van der Waals surface area contributed by atoms with Crippen molar-refractivity contribution in [3.05, 3.63) is 52.3 Å². The van der Waals surface area contributed by atoms with Crippen molar-refractivity contribution in [3.8, 4) is 0 Å². The largest absolute Gasteiger partial charge is 0.385 e. The molecular formula is C17H20BrN3O2. The van der Waals surface area contributed by atoms with Gasteiger partial charge in [-0.15, -0.1) is 0 Å². The second-order valence-corrected chi connectivity index (χ2v) is 6.01. The molecule has 2 rings (SSSR count). The highest BCUT2D eigenvalue weighted by Gasteiger charge is 2.08. The third kappa shape index (κ3) is 5.33. The molecule has 2 N–H and O–H groups in total. The van der Waals surface area contributed by atoms with Crippen LogP contribution in [0.15, 0.2) is 41.1 Å². The molecular weight excluding hydrogens is 358 g/mol. The van der Waals surface area contributed by atoms with Gasteiger partial charge in [-0.3, -0.25) is 9.78 Å². The van der Waals surface area contributed by atoms with Crippen LogP contribution in [0.1, 0.15) is 22.3 Å². The summed E-state index contributed by atoms with van der Waals surface area (Å²) in [6.07, 6.45) is 4.15. The lowest BCUT2D eigenvalue weighted by atomic mass is 10.2. The van der Waals surface area contributed by atoms with Crippen LogP contribution in [-0.2, 0) is 4.74 Å². The number of carbonyl (C=O) groups excluding carboxylic acids is 1. The molecule has 1 aromatic heterocycles. The van der Waals surface area contributed by atoms with E-state index in [0.717, 1.165) is 34.4 Å². The molecule has 23 heavy (non-hydrogen) atoms. The first-order chi connectivity index (χ1) is 11.1. The quantitative estimate of drug-likeness (QED) is 0.719. The van der Waals surface area contributed by atoms with Crippen molar-refractivity contribution in [2.45, 2.75) is 13.3 Å². The molecule has 2 aromatic rings. The number of aryl methyl sites for hydroxylation is 1. The number of amides is 1. The molecule has 6 heteroatoms. The minimum absolute atomic E-state index is 0.181. The summed E-state index contributed by atoms with van der Waals surface area (Å²) in [7, 11) is 1.68. The summed E-state index contributed by atoms with van der Waals surface area (Å²) in [6.45, 7) is 3.45. The summed E-state index contributed by atoms with van der Waals surface area (Å²) in [6, 6.07) is 7.48. The van der Waals surface area contributed by atoms with Gasteiger partial charge in [0.1, 0.15) is 0 Å². The van der Waals surface area contributed by atoms with E-state index in [1.54, 1.807) is 25.6 Å². The Bertz CT molecular complexity index is 677. The molecule has 0 bridgehead atoms. The Morgan fingerprint density at radius 2 is 2.09 bits per heavy atom. The predicted molar refractivity (Wildman–Crippen MR) is 96.1 cm³/mol. The van der Waals surface area contributed by atoms with Crippen LogP contribution in [0.25, 0.3) is 0 Å². The Morgan fingerprint density at radius 3 is 2.83 bits per heavy atom. The number of hydrogen-bond donors (Lipinski definition) is 2. The minimum Gasteiger partial charge on any atom is -0.385 e. The predicted octanol–water partition coefficient (Wildman–Crippen LogP) is 3.85. The molecule has 1 amide bonds. The van der Waals surface area contributed by atoms with Crippen LogP contribution in [-0.4, -0.2) is 31.2 Å². The number of aromatic nitrogens is 1. The molecule has 122 valence electrons. The van der Waals surface area contributed by atoms with Crippen molar-refractivity contribution in [1.29, 1.82) is 0 Å². The second-order valence-electron chi connectivity index (χ2n) is 5.15. The highest BCUT2D eigenvalue weighted by atomic mass is 79.9. The van der Waals surface area contributed by atoms with Crippen LogP contribution < -0.4 is 10.6 Å². The van der Waals surface area contributed by atoms with E-state index in [0.29, 0.717) is 12.2 Å². The minimum atomic E-state index is -0.181. The number of pyridine rings is 1. The van der Waals surface area contributed by atoms with Gasteiger partial charge in [-0.05, 0) is 43.2 Å². The van der Waals surface area contributed by atoms with Crippen molar-refractivity contribution >= 4 is 33.2 Å². The number of methoxy groups -OCH3 is 1. The Balaban J connectivity index is 2.00. The van der Waals surface area contributed by atoms with Crippen molar-refractivity contribution in [2.24, 2.45) is 0 Å². The lowest BCUT2D eigenvalue weighted by molar-refractivity contribution is 0.102. The molecule has 5 nitrogen and oxygen atoms in total. The molecule has 0 saturated carbocycles. The molecule has 0 aliphatic heterocycles. The molecule has 0 radical (unpaired) electrons. The zero-order chi connectivity index (χ0) is 16.7. The van der Waals surface area contributed by atoms with E-state index < -0.39 is 0 Å². The van der Waals surface area contributed by atoms with Gasteiger partial charge < -0.3 is 15.4 Å². The SMILES string of the molecule is COCCCNc1cncc(C(=O)Nc2ccc(Br)c(C)c2)c1. The number of rotatable bonds is 7. The summed E-state index contributed by atoms with van der Waals surface area (Å²) < 4.78 is 6.02. The summed E-state index contributed by atoms with van der Waals surface area (Å²) in [5.74, 6) is -0.181. The second kappa shape index (κ2) is 8.64. The van der Waals surface area contributed by atoms with Gasteiger partial charge in [-0.2, -0.15) is 0 Å². The zero-order valence-corrected chi connectivity index (χ0v) is 14.8. The lowest BCUT2D eigenvalue weighted by Crippen LogP contribution is -2.13. The van der Waals surface area contributed by atoms with Crippen LogP contribution in [0.5, 0.6) is 0 Å². The van der Waals surface area contributed by atoms with E-state index in [-0.39, 0.29) is 5.91 Å². The Kier molecular flexibility index (Phi) is 6.55. The van der Waals surface area contributed by atoms with Gasteiger partial charge in [0, 0.05) is 42.8 Å². The highest BCUT2D eigenvalue weighted by Crippen LogP contribution is 2.20. The Morgan fingerprint density at radius 1 is 1.26 bits per heavy atom. The summed E-state index contributed by atoms with van der Waals surface area (Å²) >= 11 is 3.45. The molecule has 0 aliphatic rings. The number of carbonyl (C=O) groups is 1. The first-order valence-electron chi connectivity index (χ1n) is 7.35. The van der Waals surface area contributed by atoms with Crippen LogP contribution in [0.3, 0.4) is 0 Å². The van der Waals surface area contributed by atoms with E-state index in [2.05, 4.69) is 31.5 Å². The number of nitrogens with one attached hydrogen (secondary N) is 2. The molecule has 0 atom stereocenters. The van der Waals surface area contributed by atoms with E-state index in [4.69, 9.17) is 4.74 Å². The summed E-state index contributed by atoms with van der Waals surface area (Å²) in [4.78, 5) is 16.4. The van der Waals surface area contributed by atoms with Gasteiger partial charge in [-0.1, -0.05) is 15.9 Å². The average molecular weight is 378 g/mol. The van der Waals surface area contributed by atoms with E-state index in [9.17, 15) is 4.79 Å². The maximum absolute atomic E-state index is 12.3. The van der Waals surface area contributed by atoms with Crippen molar-refractivity contribution in [2.75, 3.05) is 30.9 Å². The average Bonchev–Trinajstić information content (AvgIpc) is 2.55. The molecule has 0 fully saturated rings. The number of nitrogens with zero attached hydrogens (tertiary/aromatic N) is 1. The van der Waals surface area contributed by atoms with Crippen LogP contribution >= 0.6 is 15.9 Å². The maximum Gasteiger partial charge on any atom is 0.257 e. The third-order valence-corrected chi connectivity index (χ3v) is 4.16. The van der Waals surface area contributed by atoms with Crippen LogP contribution in [0.2, 0.25) is 0 Å². The fourth-order valence-corrected chi connectivity index (χ4v) is 2.28. The van der Waals surface area contributed by atoms with Gasteiger partial charge in [-0.25, -0.2) is 0 Å². The first kappa shape index (κ1) is 17.4. The molecule has 0 unspecified atom stereocenters. The zero-order valence-electron chi connectivity index (χ0n) is 13.2. The van der Waals surface area contributed by atoms with Crippen molar-refractivity contribution < 1.29 is 9.53 Å². The molecule has 0 spiro atoms. The van der Waals surface area contributed by atoms with Gasteiger partial charge in [0.25, 0.3) is 5.91 Å². The smallest absolute Gasteiger partial charge is 0.257 e. The van der Waals surface area contributed by atoms with Crippen LogP contribution in [0.4, 0.5) is 11.4 Å². The first-order valence-corrected chi connectivity index (χ1v) is 8.15. The highest BCUT2D eigenvalue weighted by molar-refractivity contribution is 9.10. The van der Waals surface area contributed by atoms with Crippen molar-refractivity contribution in [1.82, 2.24) is 4.98 Å². The summed E-state index contributed by atoms with van der Waals surface area (Å²) in [5.41, 5.74) is 3.16. The van der Waals surface area contributed by atoms with Gasteiger partial charge >= 0.3 is 0 Å². The number of halogens is 1. The Hall–Kier alpha value is -1.92. The van der Waals surface area contributed by atoms with Gasteiger partial charge in [0.15, 0.2) is 0 Å². The fraction of sp³-hybridized carbons (Fsp3) is 0.294. The van der Waals surface area contributed by atoms with E-state index >= 15 is 0 Å². The Labute approximate surface area is 144 Å². The summed E-state index contributed by atoms with van der Waals surface area (Å²) in [5, 5.41) is 6.11. The standard InChI is InChI=1S/C17H20BrN3O2/c1-12-8-14(4-5-16(12)18)21-17(22)13-9-15(11-19-10-13)20-6-3-7-23-2/h4-5,8-11,20H,3,6-7H2,1-2H3,(H,21,22).